The third-order valence-corrected chi connectivity index (χ3v) is 6.01. The van der Waals surface area contributed by atoms with Crippen LogP contribution in [0.1, 0.15) is 31.0 Å². The highest BCUT2D eigenvalue weighted by Gasteiger charge is 2.20. The first-order valence-electron chi connectivity index (χ1n) is 12.0. The second-order valence-corrected chi connectivity index (χ2v) is 8.80. The Kier molecular flexibility index (Phi) is 8.14. The van der Waals surface area contributed by atoms with Crippen molar-refractivity contribution in [3.8, 4) is 0 Å². The minimum atomic E-state index is -0.520. The lowest BCUT2D eigenvalue weighted by Crippen LogP contribution is -2.30. The van der Waals surface area contributed by atoms with Crippen LogP contribution in [0.5, 0.6) is 0 Å². The van der Waals surface area contributed by atoms with E-state index < -0.39 is 18.1 Å². The van der Waals surface area contributed by atoms with Crippen LogP contribution in [0.4, 0.5) is 10.5 Å². The fourth-order valence-electron chi connectivity index (χ4n) is 4.08. The molecule has 182 valence electrons. The van der Waals surface area contributed by atoms with Crippen LogP contribution in [0, 0.1) is 5.92 Å². The van der Waals surface area contributed by atoms with Crippen molar-refractivity contribution >= 4 is 28.5 Å². The molecule has 5 heteroatoms. The average Bonchev–Trinajstić information content (AvgIpc) is 2.91. The molecule has 0 aliphatic carbocycles. The molecule has 2 atom stereocenters. The van der Waals surface area contributed by atoms with Gasteiger partial charge in [0, 0.05) is 5.69 Å². The second-order valence-electron chi connectivity index (χ2n) is 8.80. The Labute approximate surface area is 211 Å². The molecule has 5 nitrogen and oxygen atoms in total. The number of benzene rings is 4. The standard InChI is InChI=1S/C31H30N2O3/c1-22(19-23(2)30(34)32-28-18-17-25-13-9-10-16-27(25)20-28)29(26-14-7-4-8-15-26)33-31(35)36-21-24-11-5-3-6-12-24/h3-20,23,29H,21H2,1-2H3,(H,32,34)(H,33,35)/b22-19+/t23-,29+/m1/s1. The van der Waals surface area contributed by atoms with Crippen LogP contribution in [0.25, 0.3) is 10.8 Å². The molecule has 0 fully saturated rings. The Balaban J connectivity index is 1.45. The molecule has 0 aliphatic rings. The van der Waals surface area contributed by atoms with E-state index in [-0.39, 0.29) is 12.5 Å². The molecule has 2 N–H and O–H groups in total. The minimum Gasteiger partial charge on any atom is -0.445 e. The molecule has 0 saturated heterocycles. The van der Waals surface area contributed by atoms with Crippen molar-refractivity contribution < 1.29 is 14.3 Å². The van der Waals surface area contributed by atoms with E-state index in [2.05, 4.69) is 10.6 Å². The number of carbonyl (C=O) groups is 2. The number of hydrogen-bond donors (Lipinski definition) is 2. The van der Waals surface area contributed by atoms with E-state index in [0.29, 0.717) is 0 Å². The molecule has 0 unspecified atom stereocenters. The SMILES string of the molecule is C/C(=C\[C@@H](C)C(=O)Nc1ccc2ccccc2c1)[C@H](NC(=O)OCc1ccccc1)c1ccccc1. The van der Waals surface area contributed by atoms with Crippen molar-refractivity contribution in [3.63, 3.8) is 0 Å². The number of carbonyl (C=O) groups excluding carboxylic acids is 2. The molecule has 2 amide bonds. The maximum Gasteiger partial charge on any atom is 0.408 e. The summed E-state index contributed by atoms with van der Waals surface area (Å²) in [5.74, 6) is -0.534. The molecule has 0 heterocycles. The van der Waals surface area contributed by atoms with Gasteiger partial charge in [0.15, 0.2) is 0 Å². The number of rotatable bonds is 8. The number of alkyl carbamates (subject to hydrolysis) is 1. The molecule has 0 aliphatic heterocycles. The van der Waals surface area contributed by atoms with Gasteiger partial charge in [-0.1, -0.05) is 104 Å². The Morgan fingerprint density at radius 1 is 0.833 bits per heavy atom. The summed E-state index contributed by atoms with van der Waals surface area (Å²) in [6, 6.07) is 32.6. The third kappa shape index (κ3) is 6.60. The van der Waals surface area contributed by atoms with Crippen molar-refractivity contribution in [2.24, 2.45) is 5.92 Å². The minimum absolute atomic E-state index is 0.122. The summed E-state index contributed by atoms with van der Waals surface area (Å²) >= 11 is 0. The maximum absolute atomic E-state index is 13.0. The van der Waals surface area contributed by atoms with Gasteiger partial charge in [-0.05, 0) is 46.5 Å². The third-order valence-electron chi connectivity index (χ3n) is 6.01. The summed E-state index contributed by atoms with van der Waals surface area (Å²) in [5.41, 5.74) is 3.41. The van der Waals surface area contributed by atoms with Gasteiger partial charge in [-0.15, -0.1) is 0 Å². The molecule has 0 saturated carbocycles. The van der Waals surface area contributed by atoms with E-state index in [1.165, 1.54) is 0 Å². The summed E-state index contributed by atoms with van der Waals surface area (Å²) < 4.78 is 5.44. The highest BCUT2D eigenvalue weighted by molar-refractivity contribution is 5.96. The van der Waals surface area contributed by atoms with Crippen LogP contribution in [-0.4, -0.2) is 12.0 Å². The van der Waals surface area contributed by atoms with Gasteiger partial charge in [-0.3, -0.25) is 4.79 Å². The van der Waals surface area contributed by atoms with E-state index in [9.17, 15) is 9.59 Å². The van der Waals surface area contributed by atoms with Gasteiger partial charge < -0.3 is 15.4 Å². The van der Waals surface area contributed by atoms with Crippen LogP contribution < -0.4 is 10.6 Å². The lowest BCUT2D eigenvalue weighted by atomic mass is 9.96. The molecule has 4 aromatic rings. The Morgan fingerprint density at radius 2 is 1.47 bits per heavy atom. The van der Waals surface area contributed by atoms with E-state index in [1.54, 1.807) is 0 Å². The topological polar surface area (TPSA) is 67.4 Å². The molecule has 36 heavy (non-hydrogen) atoms. The van der Waals surface area contributed by atoms with Crippen LogP contribution in [0.15, 0.2) is 115 Å². The van der Waals surface area contributed by atoms with Crippen molar-refractivity contribution in [1.29, 1.82) is 0 Å². The predicted octanol–water partition coefficient (Wildman–Crippen LogP) is 7.03. The fraction of sp³-hybridized carbons (Fsp3) is 0.161. The van der Waals surface area contributed by atoms with E-state index in [0.717, 1.165) is 33.2 Å². The molecule has 0 spiro atoms. The van der Waals surface area contributed by atoms with E-state index in [4.69, 9.17) is 4.74 Å². The zero-order chi connectivity index (χ0) is 25.3. The van der Waals surface area contributed by atoms with Crippen molar-refractivity contribution in [1.82, 2.24) is 5.32 Å². The van der Waals surface area contributed by atoms with Gasteiger partial charge in [0.2, 0.25) is 5.91 Å². The first kappa shape index (κ1) is 24.7. The number of hydrogen-bond acceptors (Lipinski definition) is 3. The Hall–Kier alpha value is -4.38. The predicted molar refractivity (Wildman–Crippen MR) is 144 cm³/mol. The zero-order valence-electron chi connectivity index (χ0n) is 20.5. The van der Waals surface area contributed by atoms with Crippen molar-refractivity contribution in [2.45, 2.75) is 26.5 Å². The number of fused-ring (bicyclic) bond motifs is 1. The lowest BCUT2D eigenvalue weighted by molar-refractivity contribution is -0.118. The highest BCUT2D eigenvalue weighted by Crippen LogP contribution is 2.24. The van der Waals surface area contributed by atoms with Gasteiger partial charge in [0.05, 0.1) is 12.0 Å². The molecule has 4 rings (SSSR count). The van der Waals surface area contributed by atoms with E-state index in [1.807, 2.05) is 123 Å². The van der Waals surface area contributed by atoms with Crippen LogP contribution in [-0.2, 0) is 16.1 Å². The maximum atomic E-state index is 13.0. The summed E-state index contributed by atoms with van der Waals surface area (Å²) in [4.78, 5) is 25.6. The molecular formula is C31H30N2O3. The quantitative estimate of drug-likeness (QED) is 0.267. The summed E-state index contributed by atoms with van der Waals surface area (Å²) in [6.45, 7) is 3.94. The van der Waals surface area contributed by atoms with Gasteiger partial charge >= 0.3 is 6.09 Å². The summed E-state index contributed by atoms with van der Waals surface area (Å²) in [7, 11) is 0. The zero-order valence-corrected chi connectivity index (χ0v) is 20.5. The van der Waals surface area contributed by atoms with Crippen molar-refractivity contribution in [2.75, 3.05) is 5.32 Å². The van der Waals surface area contributed by atoms with Gasteiger partial charge in [0.25, 0.3) is 0 Å². The fourth-order valence-corrected chi connectivity index (χ4v) is 4.08. The Morgan fingerprint density at radius 3 is 2.19 bits per heavy atom. The molecule has 0 bridgehead atoms. The lowest BCUT2D eigenvalue weighted by Gasteiger charge is -2.21. The van der Waals surface area contributed by atoms with Crippen LogP contribution in [0.3, 0.4) is 0 Å². The molecule has 0 radical (unpaired) electrons. The smallest absolute Gasteiger partial charge is 0.408 e. The van der Waals surface area contributed by atoms with Gasteiger partial charge in [-0.25, -0.2) is 4.79 Å². The average molecular weight is 479 g/mol. The van der Waals surface area contributed by atoms with Crippen molar-refractivity contribution in [3.05, 3.63) is 126 Å². The largest absolute Gasteiger partial charge is 0.445 e. The first-order chi connectivity index (χ1) is 17.5. The normalized spacial score (nSPS) is 13.0. The van der Waals surface area contributed by atoms with Crippen LogP contribution >= 0.6 is 0 Å². The number of ether oxygens (including phenoxy) is 1. The van der Waals surface area contributed by atoms with Gasteiger partial charge in [0.1, 0.15) is 6.61 Å². The monoisotopic (exact) mass is 478 g/mol. The molecule has 0 aromatic heterocycles. The second kappa shape index (κ2) is 11.8. The van der Waals surface area contributed by atoms with E-state index >= 15 is 0 Å². The van der Waals surface area contributed by atoms with Crippen LogP contribution in [0.2, 0.25) is 0 Å². The molecule has 4 aromatic carbocycles. The van der Waals surface area contributed by atoms with Gasteiger partial charge in [-0.2, -0.15) is 0 Å². The number of nitrogens with one attached hydrogen (secondary N) is 2. The number of anilines is 1. The number of amides is 2. The summed E-state index contributed by atoms with van der Waals surface area (Å²) in [5, 5.41) is 8.15. The Bertz CT molecular complexity index is 1350. The first-order valence-corrected chi connectivity index (χ1v) is 12.0. The summed E-state index contributed by atoms with van der Waals surface area (Å²) in [6.07, 6.45) is 1.36. The molecular weight excluding hydrogens is 448 g/mol. The highest BCUT2D eigenvalue weighted by atomic mass is 16.5.